The summed E-state index contributed by atoms with van der Waals surface area (Å²) in [6.07, 6.45) is 2.33. The van der Waals surface area contributed by atoms with Crippen LogP contribution < -0.4 is 9.47 Å². The molecule has 126 valence electrons. The number of nitrogens with zero attached hydrogens (tertiary/aromatic N) is 1. The van der Waals surface area contributed by atoms with E-state index in [9.17, 15) is 4.79 Å². The third-order valence-corrected chi connectivity index (χ3v) is 4.06. The molecule has 0 saturated heterocycles. The Balaban J connectivity index is 2.34. The first-order chi connectivity index (χ1) is 11.6. The van der Waals surface area contributed by atoms with Crippen molar-refractivity contribution in [2.24, 2.45) is 0 Å². The van der Waals surface area contributed by atoms with E-state index in [1.165, 1.54) is 0 Å². The molecule has 0 bridgehead atoms. The van der Waals surface area contributed by atoms with Gasteiger partial charge in [-0.1, -0.05) is 6.92 Å². The van der Waals surface area contributed by atoms with Crippen LogP contribution in [0.25, 0.3) is 21.8 Å². The average Bonchev–Trinajstić information content (AvgIpc) is 2.97. The molecule has 0 aliphatic carbocycles. The summed E-state index contributed by atoms with van der Waals surface area (Å²) in [5.74, 6) is 0.890. The standard InChI is InChI=1S/C18H20N2O4/c1-5-10-16-11-7-14(22-3)15(23-4)8-12(11)20-13(16)9-19-17(10)18(21)24-6-2/h7-9,20H,5-6H2,1-4H3. The maximum absolute atomic E-state index is 12.2. The van der Waals surface area contributed by atoms with Gasteiger partial charge in [0.15, 0.2) is 17.2 Å². The van der Waals surface area contributed by atoms with Crippen LogP contribution in [0.5, 0.6) is 11.5 Å². The quantitative estimate of drug-likeness (QED) is 0.726. The number of nitrogens with one attached hydrogen (secondary N) is 1. The summed E-state index contributed by atoms with van der Waals surface area (Å²) in [6, 6.07) is 3.80. The number of aromatic amines is 1. The Morgan fingerprint density at radius 1 is 1.12 bits per heavy atom. The highest BCUT2D eigenvalue weighted by Crippen LogP contribution is 2.37. The number of benzene rings is 1. The maximum atomic E-state index is 12.2. The zero-order chi connectivity index (χ0) is 17.3. The average molecular weight is 328 g/mol. The second-order valence-corrected chi connectivity index (χ2v) is 5.33. The minimum Gasteiger partial charge on any atom is -0.493 e. The number of aryl methyl sites for hydroxylation is 1. The summed E-state index contributed by atoms with van der Waals surface area (Å²) < 4.78 is 15.9. The van der Waals surface area contributed by atoms with Gasteiger partial charge >= 0.3 is 5.97 Å². The van der Waals surface area contributed by atoms with Crippen molar-refractivity contribution >= 4 is 27.8 Å². The van der Waals surface area contributed by atoms with Gasteiger partial charge in [-0.2, -0.15) is 0 Å². The van der Waals surface area contributed by atoms with E-state index in [1.807, 2.05) is 19.1 Å². The predicted molar refractivity (Wildman–Crippen MR) is 92.0 cm³/mol. The normalized spacial score (nSPS) is 11.0. The van der Waals surface area contributed by atoms with E-state index < -0.39 is 5.97 Å². The Morgan fingerprint density at radius 3 is 2.46 bits per heavy atom. The van der Waals surface area contributed by atoms with Crippen molar-refractivity contribution in [3.63, 3.8) is 0 Å². The lowest BCUT2D eigenvalue weighted by Gasteiger charge is -2.09. The van der Waals surface area contributed by atoms with Crippen LogP contribution in [0.3, 0.4) is 0 Å². The van der Waals surface area contributed by atoms with Crippen molar-refractivity contribution < 1.29 is 19.0 Å². The minimum atomic E-state index is -0.397. The molecule has 3 rings (SSSR count). The molecular weight excluding hydrogens is 308 g/mol. The zero-order valence-corrected chi connectivity index (χ0v) is 14.2. The fourth-order valence-corrected chi connectivity index (χ4v) is 3.01. The van der Waals surface area contributed by atoms with Gasteiger partial charge in [-0.25, -0.2) is 9.78 Å². The molecule has 2 heterocycles. The molecule has 6 heteroatoms. The van der Waals surface area contributed by atoms with Gasteiger partial charge in [-0.3, -0.25) is 0 Å². The maximum Gasteiger partial charge on any atom is 0.357 e. The molecule has 6 nitrogen and oxygen atoms in total. The highest BCUT2D eigenvalue weighted by atomic mass is 16.5. The molecule has 0 amide bonds. The minimum absolute atomic E-state index is 0.320. The Labute approximate surface area is 139 Å². The number of fused-ring (bicyclic) bond motifs is 3. The number of pyridine rings is 1. The van der Waals surface area contributed by atoms with Crippen molar-refractivity contribution in [3.8, 4) is 11.5 Å². The summed E-state index contributed by atoms with van der Waals surface area (Å²) in [7, 11) is 3.20. The Morgan fingerprint density at radius 2 is 1.83 bits per heavy atom. The second-order valence-electron chi connectivity index (χ2n) is 5.33. The summed E-state index contributed by atoms with van der Waals surface area (Å²) in [4.78, 5) is 19.8. The lowest BCUT2D eigenvalue weighted by molar-refractivity contribution is 0.0518. The highest BCUT2D eigenvalue weighted by molar-refractivity contribution is 6.11. The van der Waals surface area contributed by atoms with Crippen LogP contribution >= 0.6 is 0 Å². The number of H-pyrrole nitrogens is 1. The molecule has 0 unspecified atom stereocenters. The van der Waals surface area contributed by atoms with Crippen molar-refractivity contribution in [1.82, 2.24) is 9.97 Å². The Bertz CT molecular complexity index is 914. The molecular formula is C18H20N2O4. The number of aromatic nitrogens is 2. The van der Waals surface area contributed by atoms with Crippen LogP contribution in [0, 0.1) is 0 Å². The van der Waals surface area contributed by atoms with Crippen LogP contribution in [-0.2, 0) is 11.2 Å². The van der Waals surface area contributed by atoms with Gasteiger partial charge in [0.1, 0.15) is 0 Å². The fraction of sp³-hybridized carbons (Fsp3) is 0.333. The number of carbonyl (C=O) groups excluding carboxylic acids is 1. The monoisotopic (exact) mass is 328 g/mol. The number of esters is 1. The summed E-state index contributed by atoms with van der Waals surface area (Å²) in [5, 5.41) is 1.93. The molecule has 1 N–H and O–H groups in total. The van der Waals surface area contributed by atoms with Crippen molar-refractivity contribution in [2.45, 2.75) is 20.3 Å². The van der Waals surface area contributed by atoms with Gasteiger partial charge in [0.2, 0.25) is 0 Å². The number of hydrogen-bond donors (Lipinski definition) is 1. The summed E-state index contributed by atoms with van der Waals surface area (Å²) in [6.45, 7) is 4.10. The van der Waals surface area contributed by atoms with Crippen LogP contribution in [0.1, 0.15) is 29.9 Å². The smallest absolute Gasteiger partial charge is 0.357 e. The first-order valence-electron chi connectivity index (χ1n) is 7.86. The Kier molecular flexibility index (Phi) is 4.29. The highest BCUT2D eigenvalue weighted by Gasteiger charge is 2.20. The second kappa shape index (κ2) is 6.39. The van der Waals surface area contributed by atoms with Gasteiger partial charge in [0.05, 0.1) is 38.1 Å². The van der Waals surface area contributed by atoms with E-state index in [0.717, 1.165) is 27.4 Å². The van der Waals surface area contributed by atoms with Gasteiger partial charge in [0.25, 0.3) is 0 Å². The summed E-state index contributed by atoms with van der Waals surface area (Å²) in [5.41, 5.74) is 3.00. The molecule has 0 fully saturated rings. The van der Waals surface area contributed by atoms with E-state index >= 15 is 0 Å². The lowest BCUT2D eigenvalue weighted by atomic mass is 10.0. The number of hydrogen-bond acceptors (Lipinski definition) is 5. The SMILES string of the molecule is CCOC(=O)c1ncc2[nH]c3cc(OC)c(OC)cc3c2c1CC. The van der Waals surface area contributed by atoms with E-state index in [1.54, 1.807) is 27.3 Å². The van der Waals surface area contributed by atoms with Crippen molar-refractivity contribution in [1.29, 1.82) is 0 Å². The van der Waals surface area contributed by atoms with Gasteiger partial charge in [-0.15, -0.1) is 0 Å². The van der Waals surface area contributed by atoms with Crippen molar-refractivity contribution in [2.75, 3.05) is 20.8 Å². The van der Waals surface area contributed by atoms with Crippen molar-refractivity contribution in [3.05, 3.63) is 29.6 Å². The molecule has 0 spiro atoms. The molecule has 0 aliphatic heterocycles. The van der Waals surface area contributed by atoms with E-state index in [4.69, 9.17) is 14.2 Å². The van der Waals surface area contributed by atoms with Gasteiger partial charge in [0, 0.05) is 16.8 Å². The van der Waals surface area contributed by atoms with E-state index in [-0.39, 0.29) is 0 Å². The molecule has 0 saturated carbocycles. The number of rotatable bonds is 5. The topological polar surface area (TPSA) is 73.4 Å². The van der Waals surface area contributed by atoms with Crippen LogP contribution in [-0.4, -0.2) is 36.8 Å². The summed E-state index contributed by atoms with van der Waals surface area (Å²) >= 11 is 0. The largest absolute Gasteiger partial charge is 0.493 e. The molecule has 0 atom stereocenters. The molecule has 2 aromatic heterocycles. The first kappa shape index (κ1) is 16.1. The van der Waals surface area contributed by atoms with Crippen LogP contribution in [0.4, 0.5) is 0 Å². The predicted octanol–water partition coefficient (Wildman–Crippen LogP) is 3.47. The lowest BCUT2D eigenvalue weighted by Crippen LogP contribution is -2.10. The third-order valence-electron chi connectivity index (χ3n) is 4.06. The van der Waals surface area contributed by atoms with Gasteiger partial charge in [-0.05, 0) is 25.0 Å². The van der Waals surface area contributed by atoms with Crippen LogP contribution in [0.15, 0.2) is 18.3 Å². The molecule has 0 radical (unpaired) electrons. The van der Waals surface area contributed by atoms with E-state index in [2.05, 4.69) is 9.97 Å². The third kappa shape index (κ3) is 2.44. The number of ether oxygens (including phenoxy) is 3. The van der Waals surface area contributed by atoms with Gasteiger partial charge < -0.3 is 19.2 Å². The number of carbonyl (C=O) groups is 1. The molecule has 3 aromatic rings. The first-order valence-corrected chi connectivity index (χ1v) is 7.86. The number of methoxy groups -OCH3 is 2. The molecule has 24 heavy (non-hydrogen) atoms. The molecule has 0 aliphatic rings. The zero-order valence-electron chi connectivity index (χ0n) is 14.2. The van der Waals surface area contributed by atoms with Crippen LogP contribution in [0.2, 0.25) is 0 Å². The van der Waals surface area contributed by atoms with E-state index in [0.29, 0.717) is 30.2 Å². The fourth-order valence-electron chi connectivity index (χ4n) is 3.01. The molecule has 1 aromatic carbocycles. The Hall–Kier alpha value is -2.76.